The molecule has 0 atom stereocenters. The van der Waals surface area contributed by atoms with Crippen LogP contribution < -0.4 is 9.47 Å². The number of ether oxygens (including phenoxy) is 4. The number of allylic oxidation sites excluding steroid dienone is 1. The van der Waals surface area contributed by atoms with Gasteiger partial charge in [-0.15, -0.1) is 6.58 Å². The molecule has 4 rings (SSSR count). The molecule has 0 saturated carbocycles. The van der Waals surface area contributed by atoms with E-state index in [0.717, 1.165) is 52.3 Å². The molecule has 0 aliphatic heterocycles. The summed E-state index contributed by atoms with van der Waals surface area (Å²) >= 11 is 0. The molecule has 0 aliphatic rings. The Kier molecular flexibility index (Phi) is 11.4. The van der Waals surface area contributed by atoms with Gasteiger partial charge in [-0.3, -0.25) is 0 Å². The molecular weight excluding hydrogens is 552 g/mol. The van der Waals surface area contributed by atoms with Crippen molar-refractivity contribution in [1.82, 2.24) is 0 Å². The van der Waals surface area contributed by atoms with Crippen LogP contribution in [0.2, 0.25) is 0 Å². The molecule has 6 heteroatoms. The molecule has 0 aromatic heterocycles. The first-order valence-electron chi connectivity index (χ1n) is 14.3. The molecule has 4 aromatic carbocycles. The second kappa shape index (κ2) is 15.9. The third-order valence-corrected chi connectivity index (χ3v) is 6.85. The van der Waals surface area contributed by atoms with Crippen LogP contribution in [0.5, 0.6) is 11.5 Å². The van der Waals surface area contributed by atoms with Crippen LogP contribution in [0.1, 0.15) is 12.0 Å². The lowest BCUT2D eigenvalue weighted by Gasteiger charge is -2.15. The predicted octanol–water partition coefficient (Wildman–Crippen LogP) is 8.02. The van der Waals surface area contributed by atoms with E-state index in [1.54, 1.807) is 12.1 Å². The summed E-state index contributed by atoms with van der Waals surface area (Å²) in [5.74, 6) is 0.0575. The summed E-state index contributed by atoms with van der Waals surface area (Å²) in [4.78, 5) is 23.6. The number of methoxy groups -OCH3 is 1. The van der Waals surface area contributed by atoms with Gasteiger partial charge in [0.05, 0.1) is 12.2 Å². The fourth-order valence-electron chi connectivity index (χ4n) is 4.53. The van der Waals surface area contributed by atoms with Crippen molar-refractivity contribution in [2.24, 2.45) is 0 Å². The van der Waals surface area contributed by atoms with E-state index in [9.17, 15) is 9.59 Å². The van der Waals surface area contributed by atoms with E-state index in [1.807, 2.05) is 30.3 Å². The molecule has 0 fully saturated rings. The maximum atomic E-state index is 12.1. The van der Waals surface area contributed by atoms with Crippen molar-refractivity contribution < 1.29 is 28.5 Å². The summed E-state index contributed by atoms with van der Waals surface area (Å²) in [6, 6.07) is 30.1. The van der Waals surface area contributed by atoms with E-state index < -0.39 is 11.9 Å². The van der Waals surface area contributed by atoms with Crippen molar-refractivity contribution in [3.8, 4) is 44.9 Å². The van der Waals surface area contributed by atoms with Crippen LogP contribution in [0, 0.1) is 0 Å². The Labute approximate surface area is 258 Å². The molecule has 0 radical (unpaired) electrons. The Hall–Kier alpha value is -5.20. The molecule has 224 valence electrons. The number of esters is 2. The van der Waals surface area contributed by atoms with Gasteiger partial charge in [0.15, 0.2) is 0 Å². The maximum Gasteiger partial charge on any atom is 0.335 e. The third-order valence-electron chi connectivity index (χ3n) is 6.85. The van der Waals surface area contributed by atoms with Gasteiger partial charge in [-0.05, 0) is 70.5 Å². The number of hydrogen-bond acceptors (Lipinski definition) is 6. The number of carbonyl (C=O) groups excluding carboxylic acids is 2. The minimum atomic E-state index is -0.516. The second-order valence-electron chi connectivity index (χ2n) is 9.98. The van der Waals surface area contributed by atoms with Crippen molar-refractivity contribution in [2.75, 3.05) is 26.9 Å². The summed E-state index contributed by atoms with van der Waals surface area (Å²) in [7, 11) is 1.49. The van der Waals surface area contributed by atoms with E-state index in [0.29, 0.717) is 11.5 Å². The fraction of sp³-hybridized carbons (Fsp3) is 0.158. The fourth-order valence-corrected chi connectivity index (χ4v) is 4.53. The van der Waals surface area contributed by atoms with Crippen LogP contribution in [0.3, 0.4) is 0 Å². The van der Waals surface area contributed by atoms with Crippen LogP contribution in [0.25, 0.3) is 33.4 Å². The Bertz CT molecular complexity index is 1600. The molecule has 0 unspecified atom stereocenters. The highest BCUT2D eigenvalue weighted by Crippen LogP contribution is 2.36. The van der Waals surface area contributed by atoms with Gasteiger partial charge in [0.2, 0.25) is 0 Å². The molecule has 6 nitrogen and oxygen atoms in total. The van der Waals surface area contributed by atoms with Gasteiger partial charge in [-0.2, -0.15) is 0 Å². The highest BCUT2D eigenvalue weighted by atomic mass is 16.6. The summed E-state index contributed by atoms with van der Waals surface area (Å²) in [5, 5.41) is 0. The average Bonchev–Trinajstić information content (AvgIpc) is 3.06. The van der Waals surface area contributed by atoms with Gasteiger partial charge >= 0.3 is 11.9 Å². The molecule has 4 aromatic rings. The molecule has 44 heavy (non-hydrogen) atoms. The monoisotopic (exact) mass is 588 g/mol. The summed E-state index contributed by atoms with van der Waals surface area (Å²) < 4.78 is 21.5. The topological polar surface area (TPSA) is 71.1 Å². The Morgan fingerprint density at radius 2 is 1.34 bits per heavy atom. The molecule has 0 saturated heterocycles. The molecule has 0 spiro atoms. The van der Waals surface area contributed by atoms with Crippen LogP contribution in [0.15, 0.2) is 128 Å². The number of carbonyl (C=O) groups is 2. The highest BCUT2D eigenvalue weighted by Gasteiger charge is 2.12. The van der Waals surface area contributed by atoms with Gasteiger partial charge in [0, 0.05) is 18.7 Å². The van der Waals surface area contributed by atoms with Gasteiger partial charge < -0.3 is 18.9 Å². The van der Waals surface area contributed by atoms with Crippen molar-refractivity contribution in [3.63, 3.8) is 0 Å². The Morgan fingerprint density at radius 1 is 0.750 bits per heavy atom. The van der Waals surface area contributed by atoms with Crippen LogP contribution in [0.4, 0.5) is 0 Å². The molecule has 0 amide bonds. The first-order chi connectivity index (χ1) is 21.4. The summed E-state index contributed by atoms with van der Waals surface area (Å²) in [5.41, 5.74) is 7.51. The van der Waals surface area contributed by atoms with Crippen molar-refractivity contribution in [3.05, 3.63) is 134 Å². The Morgan fingerprint density at radius 3 is 1.98 bits per heavy atom. The van der Waals surface area contributed by atoms with Crippen LogP contribution >= 0.6 is 0 Å². The number of hydrogen-bond donors (Lipinski definition) is 0. The largest absolute Gasteiger partial charge is 0.489 e. The van der Waals surface area contributed by atoms with E-state index in [4.69, 9.17) is 18.9 Å². The first-order valence-corrected chi connectivity index (χ1v) is 14.3. The predicted molar refractivity (Wildman–Crippen MR) is 175 cm³/mol. The number of aryl methyl sites for hydroxylation is 1. The van der Waals surface area contributed by atoms with Crippen LogP contribution in [-0.4, -0.2) is 38.9 Å². The summed E-state index contributed by atoms with van der Waals surface area (Å²) in [6.45, 7) is 11.2. The SMILES string of the molecule is C=CCCc1ccc(-c2ccc(-c3cc(-c4ccc(OC(=O)C=C)cc4)ccc3OCCOC(=O)C(=C)COC)cc2)cc1. The highest BCUT2D eigenvalue weighted by molar-refractivity contribution is 5.88. The van der Waals surface area contributed by atoms with E-state index in [1.165, 1.54) is 12.7 Å². The quantitative estimate of drug-likeness (QED) is 0.0460. The first kappa shape index (κ1) is 31.7. The normalized spacial score (nSPS) is 10.5. The van der Waals surface area contributed by atoms with Crippen molar-refractivity contribution in [1.29, 1.82) is 0 Å². The average molecular weight is 589 g/mol. The molecule has 0 heterocycles. The second-order valence-corrected chi connectivity index (χ2v) is 9.98. The smallest absolute Gasteiger partial charge is 0.335 e. The van der Waals surface area contributed by atoms with Gasteiger partial charge in [-0.1, -0.05) is 86.0 Å². The minimum absolute atomic E-state index is 0.0649. The van der Waals surface area contributed by atoms with Crippen molar-refractivity contribution >= 4 is 11.9 Å². The van der Waals surface area contributed by atoms with E-state index >= 15 is 0 Å². The number of rotatable bonds is 15. The zero-order valence-electron chi connectivity index (χ0n) is 24.9. The maximum absolute atomic E-state index is 12.1. The van der Waals surface area contributed by atoms with E-state index in [-0.39, 0.29) is 25.4 Å². The zero-order chi connectivity index (χ0) is 31.3. The van der Waals surface area contributed by atoms with Gasteiger partial charge in [-0.25, -0.2) is 9.59 Å². The molecule has 0 bridgehead atoms. The zero-order valence-corrected chi connectivity index (χ0v) is 24.9. The molecular formula is C38H36O6. The summed E-state index contributed by atoms with van der Waals surface area (Å²) in [6.07, 6.45) is 4.99. The lowest BCUT2D eigenvalue weighted by atomic mass is 9.96. The standard InChI is InChI=1S/C38H36O6/c1-5-7-8-28-9-11-29(12-10-28)30-13-15-32(16-14-30)35-25-33(31-17-20-34(21-18-31)44-37(39)6-2)19-22-36(35)42-23-24-43-38(40)27(3)26-41-4/h5-6,9-22,25H,1-3,7-8,23-24,26H2,4H3. The van der Waals surface area contributed by atoms with E-state index in [2.05, 4.69) is 74.3 Å². The number of benzene rings is 4. The minimum Gasteiger partial charge on any atom is -0.489 e. The van der Waals surface area contributed by atoms with Gasteiger partial charge in [0.1, 0.15) is 24.7 Å². The Balaban J connectivity index is 1.57. The third kappa shape index (κ3) is 8.66. The lowest BCUT2D eigenvalue weighted by molar-refractivity contribution is -0.140. The van der Waals surface area contributed by atoms with Crippen molar-refractivity contribution in [2.45, 2.75) is 12.8 Å². The lowest BCUT2D eigenvalue weighted by Crippen LogP contribution is -2.15. The van der Waals surface area contributed by atoms with Crippen LogP contribution in [-0.2, 0) is 25.5 Å². The molecule has 0 N–H and O–H groups in total. The molecule has 0 aliphatic carbocycles. The van der Waals surface area contributed by atoms with Gasteiger partial charge in [0.25, 0.3) is 0 Å².